The summed E-state index contributed by atoms with van der Waals surface area (Å²) in [5, 5.41) is 26.5. The molecule has 2 fully saturated rings. The Hall–Kier alpha value is -3.85. The molecule has 4 aliphatic rings. The van der Waals surface area contributed by atoms with Crippen molar-refractivity contribution in [2.24, 2.45) is 5.11 Å². The third kappa shape index (κ3) is 5.55. The monoisotopic (exact) mass is 575 g/mol. The van der Waals surface area contributed by atoms with Crippen LogP contribution in [0.25, 0.3) is 5.57 Å². The average molecular weight is 576 g/mol. The molecule has 2 unspecified atom stereocenters. The van der Waals surface area contributed by atoms with Crippen molar-refractivity contribution >= 4 is 23.0 Å². The zero-order valence-corrected chi connectivity index (χ0v) is 24.9. The molecule has 214 valence electrons. The summed E-state index contributed by atoms with van der Waals surface area (Å²) in [5.41, 5.74) is 3.38. The molecule has 1 saturated heterocycles. The Bertz CT molecular complexity index is 1520. The van der Waals surface area contributed by atoms with Crippen LogP contribution in [0, 0.1) is 18.3 Å². The Morgan fingerprint density at radius 1 is 1.24 bits per heavy atom. The average Bonchev–Trinajstić information content (AvgIpc) is 3.32. The fraction of sp³-hybridized carbons (Fsp3) is 0.552. The first-order valence-corrected chi connectivity index (χ1v) is 15.0. The number of azo groups is 2. The fourth-order valence-electron chi connectivity index (χ4n) is 5.37. The van der Waals surface area contributed by atoms with Gasteiger partial charge in [0.05, 0.1) is 28.0 Å². The van der Waals surface area contributed by atoms with Gasteiger partial charge < -0.3 is 14.4 Å². The molecule has 2 aromatic rings. The van der Waals surface area contributed by atoms with Gasteiger partial charge in [-0.05, 0) is 71.5 Å². The van der Waals surface area contributed by atoms with E-state index in [1.807, 2.05) is 51.6 Å². The van der Waals surface area contributed by atoms with E-state index in [0.29, 0.717) is 30.3 Å². The number of rotatable bonds is 6. The van der Waals surface area contributed by atoms with Crippen molar-refractivity contribution in [3.63, 3.8) is 0 Å². The van der Waals surface area contributed by atoms with E-state index in [2.05, 4.69) is 26.9 Å². The second-order valence-corrected chi connectivity index (χ2v) is 12.9. The third-order valence-corrected chi connectivity index (χ3v) is 8.74. The number of hydrogen-bond donors (Lipinski definition) is 0. The van der Waals surface area contributed by atoms with Gasteiger partial charge >= 0.3 is 6.09 Å². The van der Waals surface area contributed by atoms with Crippen LogP contribution in [0.2, 0.25) is 0 Å². The number of thiazole rings is 1. The molecule has 3 aliphatic heterocycles. The molecule has 0 aromatic carbocycles. The minimum Gasteiger partial charge on any atom is -0.481 e. The number of hydrogen-bond acceptors (Lipinski definition) is 9. The molecule has 1 saturated carbocycles. The van der Waals surface area contributed by atoms with E-state index in [1.165, 1.54) is 17.8 Å². The number of carbonyl (C=O) groups is 1. The smallest absolute Gasteiger partial charge is 0.410 e. The van der Waals surface area contributed by atoms with Crippen LogP contribution in [0.5, 0.6) is 0 Å². The molecule has 0 radical (unpaired) electrons. The first kappa shape index (κ1) is 27.3. The van der Waals surface area contributed by atoms with Crippen molar-refractivity contribution in [3.05, 3.63) is 57.3 Å². The maximum atomic E-state index is 12.5. The molecule has 0 spiro atoms. The highest BCUT2D eigenvalue weighted by molar-refractivity contribution is 7.09. The Morgan fingerprint density at radius 2 is 2.00 bits per heavy atom. The van der Waals surface area contributed by atoms with Crippen LogP contribution < -0.4 is 0 Å². The van der Waals surface area contributed by atoms with Gasteiger partial charge in [0, 0.05) is 24.4 Å². The molecule has 12 heteroatoms. The minimum absolute atomic E-state index is 0.125. The third-order valence-electron chi connectivity index (χ3n) is 7.72. The minimum atomic E-state index is -0.517. The molecule has 0 N–H and O–H groups in total. The van der Waals surface area contributed by atoms with Gasteiger partial charge in [0.25, 0.3) is 6.04 Å². The zero-order chi connectivity index (χ0) is 28.9. The molecule has 2 aromatic heterocycles. The highest BCUT2D eigenvalue weighted by Crippen LogP contribution is 2.42. The quantitative estimate of drug-likeness (QED) is 0.401. The summed E-state index contributed by atoms with van der Waals surface area (Å²) in [6.07, 6.45) is 8.81. The molecular formula is C29H35N8O3S+. The van der Waals surface area contributed by atoms with Crippen LogP contribution in [0.15, 0.2) is 40.3 Å². The molecule has 0 bridgehead atoms. The number of ether oxygens (including phenoxy) is 2. The standard InChI is InChI=1S/C29H35N8O3S/c1-17-25(33-34-37(17)22-8-10-35(11-9-22)28(38)40-29(3,4)5)20-12-24(26-21(13-30)14-31-36(26)15-20)39-18(2)23-16-41-27(32-23)19-6-7-19/h12,14-16,18-19,22,26H,6-11H2,1-5H3/q+1. The largest absolute Gasteiger partial charge is 0.481 e. The van der Waals surface area contributed by atoms with E-state index in [9.17, 15) is 10.1 Å². The van der Waals surface area contributed by atoms with Crippen molar-refractivity contribution in [3.8, 4) is 6.07 Å². The second-order valence-electron chi connectivity index (χ2n) is 12.0. The van der Waals surface area contributed by atoms with E-state index >= 15 is 0 Å². The summed E-state index contributed by atoms with van der Waals surface area (Å²) in [7, 11) is 0. The predicted octanol–water partition coefficient (Wildman–Crippen LogP) is 5.76. The number of piperidine rings is 1. The lowest BCUT2D eigenvalue weighted by Gasteiger charge is -2.33. The van der Waals surface area contributed by atoms with E-state index in [4.69, 9.17) is 14.5 Å². The van der Waals surface area contributed by atoms with Gasteiger partial charge in [-0.2, -0.15) is 5.26 Å². The molecule has 5 heterocycles. The van der Waals surface area contributed by atoms with E-state index in [1.54, 1.807) is 27.1 Å². The number of nitriles is 1. The molecule has 6 rings (SSSR count). The molecule has 1 aliphatic carbocycles. The Balaban J connectivity index is 1.20. The van der Waals surface area contributed by atoms with Gasteiger partial charge in [0.1, 0.15) is 35.2 Å². The highest BCUT2D eigenvalue weighted by atomic mass is 32.1. The van der Waals surface area contributed by atoms with Gasteiger partial charge in [-0.3, -0.25) is 0 Å². The maximum Gasteiger partial charge on any atom is 0.410 e. The van der Waals surface area contributed by atoms with Crippen LogP contribution >= 0.6 is 11.3 Å². The molecular weight excluding hydrogens is 540 g/mol. The number of nitrogens with zero attached hydrogens (tertiary/aromatic N) is 8. The first-order chi connectivity index (χ1) is 19.6. The Labute approximate surface area is 243 Å². The first-order valence-electron chi connectivity index (χ1n) is 14.2. The summed E-state index contributed by atoms with van der Waals surface area (Å²) < 4.78 is 15.7. The number of likely N-dealkylation sites (tertiary alicyclic amines) is 1. The second kappa shape index (κ2) is 10.5. The molecule has 1 amide bonds. The number of amides is 1. The normalized spacial score (nSPS) is 21.8. The Morgan fingerprint density at radius 3 is 2.68 bits per heavy atom. The van der Waals surface area contributed by atoms with Gasteiger partial charge in [-0.1, -0.05) is 9.91 Å². The summed E-state index contributed by atoms with van der Waals surface area (Å²) in [6.45, 7) is 10.8. The van der Waals surface area contributed by atoms with Crippen molar-refractivity contribution < 1.29 is 19.0 Å². The predicted molar refractivity (Wildman–Crippen MR) is 151 cm³/mol. The lowest BCUT2D eigenvalue weighted by Crippen LogP contribution is -2.42. The number of carbonyl (C=O) groups excluding carboxylic acids is 1. The molecule has 41 heavy (non-hydrogen) atoms. The van der Waals surface area contributed by atoms with Crippen molar-refractivity contribution in [1.29, 1.82) is 5.26 Å². The van der Waals surface area contributed by atoms with Gasteiger partial charge in [-0.15, -0.1) is 16.4 Å². The van der Waals surface area contributed by atoms with E-state index < -0.39 is 11.6 Å². The summed E-state index contributed by atoms with van der Waals surface area (Å²) in [4.78, 5) is 19.1. The number of allylic oxidation sites excluding steroid dienone is 2. The SMILES string of the molecule is Cc1c(C2=C[N+]3=NC=C(C#N)C3C(OC(C)c3csc(C4CC4)n3)=C2)nnn1C1CCN(C(=O)OC(C)(C)C)CC1. The van der Waals surface area contributed by atoms with Crippen molar-refractivity contribution in [2.45, 2.75) is 90.0 Å². The highest BCUT2D eigenvalue weighted by Gasteiger charge is 2.42. The lowest BCUT2D eigenvalue weighted by atomic mass is 10.00. The van der Waals surface area contributed by atoms with Crippen molar-refractivity contribution in [2.75, 3.05) is 13.1 Å². The topological polar surface area (TPSA) is 122 Å². The van der Waals surface area contributed by atoms with Crippen LogP contribution in [0.3, 0.4) is 0 Å². The number of aromatic nitrogens is 4. The molecule has 11 nitrogen and oxygen atoms in total. The molecule has 2 atom stereocenters. The van der Waals surface area contributed by atoms with Crippen molar-refractivity contribution in [1.82, 2.24) is 24.9 Å². The van der Waals surface area contributed by atoms with Crippen LogP contribution in [0.4, 0.5) is 4.79 Å². The summed E-state index contributed by atoms with van der Waals surface area (Å²) >= 11 is 1.69. The van der Waals surface area contributed by atoms with Crippen LogP contribution in [-0.2, 0) is 9.47 Å². The zero-order valence-electron chi connectivity index (χ0n) is 24.1. The van der Waals surface area contributed by atoms with Crippen LogP contribution in [-0.4, -0.2) is 60.4 Å². The van der Waals surface area contributed by atoms with Gasteiger partial charge in [0.15, 0.2) is 5.76 Å². The van der Waals surface area contributed by atoms with E-state index in [-0.39, 0.29) is 18.2 Å². The van der Waals surface area contributed by atoms with E-state index in [0.717, 1.165) is 35.5 Å². The lowest BCUT2D eigenvalue weighted by molar-refractivity contribution is -0.542. The number of fused-ring (bicyclic) bond motifs is 1. The van der Waals surface area contributed by atoms with Gasteiger partial charge in [-0.25, -0.2) is 14.5 Å². The Kier molecular flexibility index (Phi) is 7.01. The fourth-order valence-corrected chi connectivity index (χ4v) is 6.45. The summed E-state index contributed by atoms with van der Waals surface area (Å²) in [5.74, 6) is 1.22. The maximum absolute atomic E-state index is 12.5. The van der Waals surface area contributed by atoms with Crippen LogP contribution in [0.1, 0.15) is 93.5 Å². The van der Waals surface area contributed by atoms with Gasteiger partial charge in [0.2, 0.25) is 6.20 Å². The summed E-state index contributed by atoms with van der Waals surface area (Å²) in [6, 6.07) is 1.97.